The molecule has 0 aliphatic carbocycles. The van der Waals surface area contributed by atoms with Gasteiger partial charge in [0.15, 0.2) is 5.78 Å². The molecular formula is C22H22ClNO4. The molecule has 2 heterocycles. The predicted octanol–water partition coefficient (Wildman–Crippen LogP) is 3.77. The van der Waals surface area contributed by atoms with Gasteiger partial charge in [0.05, 0.1) is 6.04 Å². The second-order valence-corrected chi connectivity index (χ2v) is 8.31. The first-order valence-corrected chi connectivity index (χ1v) is 9.76. The molecule has 0 radical (unpaired) electrons. The number of aliphatic hydroxyl groups is 1. The van der Waals surface area contributed by atoms with Crippen LogP contribution in [0.4, 0.5) is 0 Å². The first-order valence-electron chi connectivity index (χ1n) is 9.39. The van der Waals surface area contributed by atoms with Crippen molar-refractivity contribution >= 4 is 23.3 Å². The van der Waals surface area contributed by atoms with Gasteiger partial charge in [-0.05, 0) is 62.7 Å². The second kappa shape index (κ2) is 6.90. The van der Waals surface area contributed by atoms with Crippen molar-refractivity contribution in [3.8, 4) is 5.75 Å². The van der Waals surface area contributed by atoms with E-state index < -0.39 is 17.7 Å². The molecule has 0 unspecified atom stereocenters. The Kier molecular flexibility index (Phi) is 4.68. The topological polar surface area (TPSA) is 66.8 Å². The van der Waals surface area contributed by atoms with Crippen molar-refractivity contribution in [1.29, 1.82) is 0 Å². The van der Waals surface area contributed by atoms with E-state index in [1.165, 1.54) is 0 Å². The van der Waals surface area contributed by atoms with Gasteiger partial charge < -0.3 is 14.7 Å². The highest BCUT2D eigenvalue weighted by molar-refractivity contribution is 6.30. The van der Waals surface area contributed by atoms with E-state index in [1.54, 1.807) is 61.2 Å². The molecule has 5 nitrogen and oxygen atoms in total. The number of hydrogen-bond donors (Lipinski definition) is 1. The number of carbonyl (C=O) groups excluding carboxylic acids is 2. The summed E-state index contributed by atoms with van der Waals surface area (Å²) >= 11 is 5.91. The maximum Gasteiger partial charge on any atom is 0.223 e. The normalized spacial score (nSPS) is 23.3. The Balaban J connectivity index is 1.77. The van der Waals surface area contributed by atoms with Gasteiger partial charge in [-0.25, -0.2) is 0 Å². The molecule has 2 aliphatic heterocycles. The van der Waals surface area contributed by atoms with Crippen LogP contribution in [-0.4, -0.2) is 39.9 Å². The SMILES string of the molecule is CC1(C)Oc2ccc(C(=O)c3ccc(Cl)cc3)cc2[C@H](N2CCCC2=O)[C@H]1O. The minimum atomic E-state index is -0.900. The third-order valence-electron chi connectivity index (χ3n) is 5.53. The van der Waals surface area contributed by atoms with E-state index in [-0.39, 0.29) is 11.7 Å². The van der Waals surface area contributed by atoms with E-state index in [1.807, 2.05) is 0 Å². The van der Waals surface area contributed by atoms with Gasteiger partial charge in [0.25, 0.3) is 0 Å². The molecule has 1 N–H and O–H groups in total. The standard InChI is InChI=1S/C22H22ClNO4/c1-22(2)21(27)19(24-11-3-4-18(24)25)16-12-14(7-10-17(16)28-22)20(26)13-5-8-15(23)9-6-13/h5-10,12,19,21,27H,3-4,11H2,1-2H3/t19-,21+/m0/s1. The monoisotopic (exact) mass is 399 g/mol. The summed E-state index contributed by atoms with van der Waals surface area (Å²) in [6, 6.07) is 11.4. The van der Waals surface area contributed by atoms with E-state index in [0.717, 1.165) is 6.42 Å². The molecule has 6 heteroatoms. The van der Waals surface area contributed by atoms with Crippen LogP contribution in [0.5, 0.6) is 5.75 Å². The number of nitrogens with zero attached hydrogens (tertiary/aromatic N) is 1. The summed E-state index contributed by atoms with van der Waals surface area (Å²) in [5, 5.41) is 11.5. The fraction of sp³-hybridized carbons (Fsp3) is 0.364. The van der Waals surface area contributed by atoms with E-state index in [0.29, 0.717) is 40.4 Å². The minimum Gasteiger partial charge on any atom is -0.485 e. The van der Waals surface area contributed by atoms with Gasteiger partial charge in [-0.3, -0.25) is 9.59 Å². The number of rotatable bonds is 3. The van der Waals surface area contributed by atoms with Gasteiger partial charge in [-0.15, -0.1) is 0 Å². The molecule has 2 aromatic rings. The summed E-state index contributed by atoms with van der Waals surface area (Å²) in [5.74, 6) is 0.458. The van der Waals surface area contributed by atoms with Gasteiger partial charge in [0.2, 0.25) is 5.91 Å². The van der Waals surface area contributed by atoms with Crippen LogP contribution in [-0.2, 0) is 4.79 Å². The Labute approximate surface area is 168 Å². The number of fused-ring (bicyclic) bond motifs is 1. The molecule has 0 saturated carbocycles. The van der Waals surface area contributed by atoms with Gasteiger partial charge in [-0.1, -0.05) is 11.6 Å². The number of carbonyl (C=O) groups is 2. The largest absolute Gasteiger partial charge is 0.485 e. The van der Waals surface area contributed by atoms with Crippen molar-refractivity contribution < 1.29 is 19.4 Å². The molecular weight excluding hydrogens is 378 g/mol. The Morgan fingerprint density at radius 2 is 1.86 bits per heavy atom. The van der Waals surface area contributed by atoms with Crippen LogP contribution in [0.15, 0.2) is 42.5 Å². The van der Waals surface area contributed by atoms with Crippen LogP contribution in [0.3, 0.4) is 0 Å². The Morgan fingerprint density at radius 1 is 1.18 bits per heavy atom. The smallest absolute Gasteiger partial charge is 0.223 e. The summed E-state index contributed by atoms with van der Waals surface area (Å²) < 4.78 is 6.00. The number of hydrogen-bond acceptors (Lipinski definition) is 4. The van der Waals surface area contributed by atoms with E-state index >= 15 is 0 Å². The Bertz CT molecular complexity index is 938. The molecule has 0 bridgehead atoms. The third-order valence-corrected chi connectivity index (χ3v) is 5.78. The molecule has 2 atom stereocenters. The molecule has 2 aliphatic rings. The molecule has 1 saturated heterocycles. The van der Waals surface area contributed by atoms with Crippen molar-refractivity contribution in [3.05, 3.63) is 64.2 Å². The zero-order chi connectivity index (χ0) is 20.1. The van der Waals surface area contributed by atoms with Crippen LogP contribution >= 0.6 is 11.6 Å². The second-order valence-electron chi connectivity index (χ2n) is 7.87. The fourth-order valence-electron chi connectivity index (χ4n) is 3.98. The van der Waals surface area contributed by atoms with Crippen LogP contribution in [0.2, 0.25) is 5.02 Å². The van der Waals surface area contributed by atoms with Gasteiger partial charge in [0, 0.05) is 34.7 Å². The highest BCUT2D eigenvalue weighted by Crippen LogP contribution is 2.44. The summed E-state index contributed by atoms with van der Waals surface area (Å²) in [5.41, 5.74) is 0.827. The molecule has 2 aromatic carbocycles. The average Bonchev–Trinajstić information content (AvgIpc) is 3.08. The van der Waals surface area contributed by atoms with E-state index in [2.05, 4.69) is 0 Å². The Morgan fingerprint density at radius 3 is 2.50 bits per heavy atom. The number of ketones is 1. The molecule has 28 heavy (non-hydrogen) atoms. The predicted molar refractivity (Wildman–Crippen MR) is 106 cm³/mol. The number of halogens is 1. The first kappa shape index (κ1) is 19.0. The van der Waals surface area contributed by atoms with E-state index in [9.17, 15) is 14.7 Å². The fourth-order valence-corrected chi connectivity index (χ4v) is 4.10. The maximum absolute atomic E-state index is 12.9. The molecule has 4 rings (SSSR count). The lowest BCUT2D eigenvalue weighted by atomic mass is 9.84. The molecule has 0 spiro atoms. The van der Waals surface area contributed by atoms with Crippen molar-refractivity contribution in [2.24, 2.45) is 0 Å². The van der Waals surface area contributed by atoms with Crippen LogP contribution in [0.25, 0.3) is 0 Å². The number of benzene rings is 2. The van der Waals surface area contributed by atoms with Crippen LogP contribution in [0, 0.1) is 0 Å². The summed E-state index contributed by atoms with van der Waals surface area (Å²) in [6.45, 7) is 4.20. The quantitative estimate of drug-likeness (QED) is 0.798. The lowest BCUT2D eigenvalue weighted by Crippen LogP contribution is -2.53. The van der Waals surface area contributed by atoms with Gasteiger partial charge in [-0.2, -0.15) is 0 Å². The zero-order valence-electron chi connectivity index (χ0n) is 15.8. The van der Waals surface area contributed by atoms with Gasteiger partial charge >= 0.3 is 0 Å². The summed E-state index contributed by atoms with van der Waals surface area (Å²) in [7, 11) is 0. The van der Waals surface area contributed by atoms with Crippen molar-refractivity contribution in [2.45, 2.75) is 44.4 Å². The van der Waals surface area contributed by atoms with Crippen molar-refractivity contribution in [1.82, 2.24) is 4.90 Å². The number of likely N-dealkylation sites (tertiary alicyclic amines) is 1. The lowest BCUT2D eigenvalue weighted by Gasteiger charge is -2.45. The lowest BCUT2D eigenvalue weighted by molar-refractivity contribution is -0.139. The molecule has 1 amide bonds. The van der Waals surface area contributed by atoms with Gasteiger partial charge in [0.1, 0.15) is 17.5 Å². The number of aliphatic hydroxyl groups excluding tert-OH is 1. The molecule has 146 valence electrons. The minimum absolute atomic E-state index is 0.0159. The molecule has 0 aromatic heterocycles. The Hall–Kier alpha value is -2.37. The number of ether oxygens (including phenoxy) is 1. The zero-order valence-corrected chi connectivity index (χ0v) is 16.6. The van der Waals surface area contributed by atoms with E-state index in [4.69, 9.17) is 16.3 Å². The highest BCUT2D eigenvalue weighted by atomic mass is 35.5. The highest BCUT2D eigenvalue weighted by Gasteiger charge is 2.47. The average molecular weight is 400 g/mol. The van der Waals surface area contributed by atoms with Crippen molar-refractivity contribution in [2.75, 3.05) is 6.54 Å². The van der Waals surface area contributed by atoms with Crippen LogP contribution in [0.1, 0.15) is 54.2 Å². The van der Waals surface area contributed by atoms with Crippen molar-refractivity contribution in [3.63, 3.8) is 0 Å². The van der Waals surface area contributed by atoms with Crippen LogP contribution < -0.4 is 4.74 Å². The first-order chi connectivity index (χ1) is 13.3. The summed E-state index contributed by atoms with van der Waals surface area (Å²) in [6.07, 6.45) is 0.341. The molecule has 1 fully saturated rings. The third kappa shape index (κ3) is 3.19. The number of amides is 1. The maximum atomic E-state index is 12.9. The summed E-state index contributed by atoms with van der Waals surface area (Å²) in [4.78, 5) is 27.0.